The zero-order valence-electron chi connectivity index (χ0n) is 10.9. The zero-order chi connectivity index (χ0) is 16.1. The van der Waals surface area contributed by atoms with Gasteiger partial charge in [0.15, 0.2) is 0 Å². The van der Waals surface area contributed by atoms with Crippen molar-refractivity contribution in [2.45, 2.75) is 13.2 Å². The maximum absolute atomic E-state index is 12.4. The van der Waals surface area contributed by atoms with E-state index in [1.165, 1.54) is 35.9 Å². The SMILES string of the molecule is O=C(NO)c1cccc(OC(F)F)c1COc1ccn(O)n1. The van der Waals surface area contributed by atoms with Crippen molar-refractivity contribution in [2.75, 3.05) is 0 Å². The van der Waals surface area contributed by atoms with Crippen LogP contribution in [0, 0.1) is 0 Å². The van der Waals surface area contributed by atoms with Crippen LogP contribution in [0.15, 0.2) is 30.5 Å². The van der Waals surface area contributed by atoms with Gasteiger partial charge in [-0.05, 0) is 12.1 Å². The van der Waals surface area contributed by atoms with E-state index in [2.05, 4.69) is 9.84 Å². The summed E-state index contributed by atoms with van der Waals surface area (Å²) in [5.74, 6) is -1.18. The molecule has 1 amide bonds. The molecule has 2 aromatic rings. The molecule has 0 aliphatic heterocycles. The summed E-state index contributed by atoms with van der Waals surface area (Å²) >= 11 is 0. The van der Waals surface area contributed by atoms with Gasteiger partial charge in [-0.15, -0.1) is 4.85 Å². The molecule has 0 saturated carbocycles. The van der Waals surface area contributed by atoms with Gasteiger partial charge in [0, 0.05) is 11.6 Å². The Morgan fingerprint density at radius 3 is 2.77 bits per heavy atom. The molecule has 3 N–H and O–H groups in total. The third-order valence-corrected chi connectivity index (χ3v) is 2.61. The Morgan fingerprint density at radius 2 is 2.18 bits per heavy atom. The highest BCUT2D eigenvalue weighted by Gasteiger charge is 2.18. The summed E-state index contributed by atoms with van der Waals surface area (Å²) in [5, 5.41) is 21.2. The number of carbonyl (C=O) groups excluding carboxylic acids is 1. The highest BCUT2D eigenvalue weighted by molar-refractivity contribution is 5.95. The number of aromatic nitrogens is 2. The average Bonchev–Trinajstić information content (AvgIpc) is 2.90. The molecule has 10 heteroatoms. The smallest absolute Gasteiger partial charge is 0.387 e. The molecule has 1 aromatic heterocycles. The Bertz CT molecular complexity index is 662. The lowest BCUT2D eigenvalue weighted by atomic mass is 10.1. The van der Waals surface area contributed by atoms with E-state index < -0.39 is 12.5 Å². The molecule has 0 radical (unpaired) electrons. The van der Waals surface area contributed by atoms with Crippen molar-refractivity contribution in [1.82, 2.24) is 15.4 Å². The molecule has 1 heterocycles. The molecule has 1 aromatic carbocycles. The molecule has 0 aliphatic carbocycles. The minimum atomic E-state index is -3.09. The topological polar surface area (TPSA) is 106 Å². The number of ether oxygens (including phenoxy) is 2. The number of amides is 1. The van der Waals surface area contributed by atoms with Crippen LogP contribution in [0.3, 0.4) is 0 Å². The molecule has 0 unspecified atom stereocenters. The fourth-order valence-electron chi connectivity index (χ4n) is 1.72. The van der Waals surface area contributed by atoms with Gasteiger partial charge in [0.1, 0.15) is 12.4 Å². The molecule has 8 nitrogen and oxygen atoms in total. The van der Waals surface area contributed by atoms with Crippen molar-refractivity contribution in [3.63, 3.8) is 0 Å². The second-order valence-electron chi connectivity index (χ2n) is 3.96. The van der Waals surface area contributed by atoms with Gasteiger partial charge in [0.25, 0.3) is 5.91 Å². The first-order chi connectivity index (χ1) is 10.5. The van der Waals surface area contributed by atoms with Gasteiger partial charge >= 0.3 is 6.61 Å². The molecular formula is C12H11F2N3O5. The Balaban J connectivity index is 2.29. The van der Waals surface area contributed by atoms with Crippen LogP contribution >= 0.6 is 0 Å². The normalized spacial score (nSPS) is 10.5. The zero-order valence-corrected chi connectivity index (χ0v) is 10.9. The lowest BCUT2D eigenvalue weighted by molar-refractivity contribution is -0.0509. The number of rotatable bonds is 6. The van der Waals surface area contributed by atoms with Gasteiger partial charge < -0.3 is 14.7 Å². The lowest BCUT2D eigenvalue weighted by Gasteiger charge is -2.14. The summed E-state index contributed by atoms with van der Waals surface area (Å²) < 4.78 is 34.4. The summed E-state index contributed by atoms with van der Waals surface area (Å²) in [6.07, 6.45) is 1.19. The molecule has 0 fully saturated rings. The molecule has 2 rings (SSSR count). The van der Waals surface area contributed by atoms with E-state index in [0.717, 1.165) is 0 Å². The summed E-state index contributed by atoms with van der Waals surface area (Å²) in [6, 6.07) is 5.16. The number of nitrogens with zero attached hydrogens (tertiary/aromatic N) is 2. The molecule has 22 heavy (non-hydrogen) atoms. The Hall–Kier alpha value is -2.88. The predicted octanol–water partition coefficient (Wildman–Crippen LogP) is 1.42. The Kier molecular flexibility index (Phi) is 4.73. The van der Waals surface area contributed by atoms with Crippen molar-refractivity contribution < 1.29 is 33.5 Å². The summed E-state index contributed by atoms with van der Waals surface area (Å²) in [5.41, 5.74) is 1.29. The number of alkyl halides is 2. The number of carbonyl (C=O) groups is 1. The minimum Gasteiger partial charge on any atom is -0.471 e. The number of nitrogens with one attached hydrogen (secondary N) is 1. The molecular weight excluding hydrogens is 304 g/mol. The highest BCUT2D eigenvalue weighted by Crippen LogP contribution is 2.26. The summed E-state index contributed by atoms with van der Waals surface area (Å²) in [4.78, 5) is 12.1. The third-order valence-electron chi connectivity index (χ3n) is 2.61. The average molecular weight is 315 g/mol. The van der Waals surface area contributed by atoms with E-state index in [1.54, 1.807) is 0 Å². The van der Waals surface area contributed by atoms with Gasteiger partial charge in [-0.2, -0.15) is 8.78 Å². The van der Waals surface area contributed by atoms with E-state index in [9.17, 15) is 13.6 Å². The summed E-state index contributed by atoms with van der Waals surface area (Å²) in [6.45, 7) is -3.44. The monoisotopic (exact) mass is 315 g/mol. The molecule has 0 aliphatic rings. The van der Waals surface area contributed by atoms with Crippen LogP contribution in [0.1, 0.15) is 15.9 Å². The second-order valence-corrected chi connectivity index (χ2v) is 3.96. The van der Waals surface area contributed by atoms with Gasteiger partial charge in [0.05, 0.1) is 11.8 Å². The van der Waals surface area contributed by atoms with Crippen LogP contribution in [-0.4, -0.2) is 32.9 Å². The molecule has 0 bridgehead atoms. The quantitative estimate of drug-likeness (QED) is 0.423. The van der Waals surface area contributed by atoms with E-state index in [1.807, 2.05) is 0 Å². The highest BCUT2D eigenvalue weighted by atomic mass is 19.3. The fourth-order valence-corrected chi connectivity index (χ4v) is 1.72. The van der Waals surface area contributed by atoms with Crippen molar-refractivity contribution in [3.05, 3.63) is 41.6 Å². The maximum atomic E-state index is 12.4. The van der Waals surface area contributed by atoms with E-state index in [0.29, 0.717) is 4.85 Å². The van der Waals surface area contributed by atoms with E-state index in [-0.39, 0.29) is 29.4 Å². The third kappa shape index (κ3) is 3.61. The Labute approximate surface area is 122 Å². The van der Waals surface area contributed by atoms with E-state index in [4.69, 9.17) is 15.2 Å². The number of hydroxylamine groups is 1. The van der Waals surface area contributed by atoms with Gasteiger partial charge in [-0.25, -0.2) is 5.48 Å². The minimum absolute atomic E-state index is 0.00436. The second kappa shape index (κ2) is 6.72. The number of benzene rings is 1. The molecule has 118 valence electrons. The van der Waals surface area contributed by atoms with Crippen molar-refractivity contribution >= 4 is 5.91 Å². The van der Waals surface area contributed by atoms with Crippen LogP contribution in [0.2, 0.25) is 0 Å². The van der Waals surface area contributed by atoms with Gasteiger partial charge in [-0.3, -0.25) is 10.0 Å². The lowest BCUT2D eigenvalue weighted by Crippen LogP contribution is -2.21. The molecule has 0 saturated heterocycles. The number of halogens is 2. The molecule has 0 atom stereocenters. The summed E-state index contributed by atoms with van der Waals surface area (Å²) in [7, 11) is 0. The van der Waals surface area contributed by atoms with Crippen LogP contribution < -0.4 is 15.0 Å². The standard InChI is InChI=1S/C12H11F2N3O5/c13-12(14)22-9-3-1-2-7(11(18)16-19)8(9)6-21-10-4-5-17(20)15-10/h1-5,12,19-20H,6H2,(H,16,18). The van der Waals surface area contributed by atoms with E-state index >= 15 is 0 Å². The number of hydrogen-bond donors (Lipinski definition) is 3. The van der Waals surface area contributed by atoms with Crippen molar-refractivity contribution in [2.24, 2.45) is 0 Å². The van der Waals surface area contributed by atoms with Crippen molar-refractivity contribution in [3.8, 4) is 11.6 Å². The first kappa shape index (κ1) is 15.5. The maximum Gasteiger partial charge on any atom is 0.387 e. The largest absolute Gasteiger partial charge is 0.471 e. The fraction of sp³-hybridized carbons (Fsp3) is 0.167. The Morgan fingerprint density at radius 1 is 1.41 bits per heavy atom. The van der Waals surface area contributed by atoms with Gasteiger partial charge in [0.2, 0.25) is 5.88 Å². The van der Waals surface area contributed by atoms with Gasteiger partial charge in [-0.1, -0.05) is 11.2 Å². The van der Waals surface area contributed by atoms with Crippen LogP contribution in [0.5, 0.6) is 11.6 Å². The van der Waals surface area contributed by atoms with Crippen molar-refractivity contribution in [1.29, 1.82) is 0 Å². The van der Waals surface area contributed by atoms with Crippen LogP contribution in [-0.2, 0) is 6.61 Å². The van der Waals surface area contributed by atoms with Crippen LogP contribution in [0.4, 0.5) is 8.78 Å². The number of hydrogen-bond acceptors (Lipinski definition) is 6. The predicted molar refractivity (Wildman–Crippen MR) is 66.1 cm³/mol. The first-order valence-electron chi connectivity index (χ1n) is 5.90. The van der Waals surface area contributed by atoms with Crippen LogP contribution in [0.25, 0.3) is 0 Å². The first-order valence-corrected chi connectivity index (χ1v) is 5.90. The molecule has 0 spiro atoms.